The molecule has 0 aromatic rings. The van der Waals surface area contributed by atoms with E-state index >= 15 is 0 Å². The van der Waals surface area contributed by atoms with Crippen molar-refractivity contribution in [3.05, 3.63) is 0 Å². The Balaban J connectivity index is 2.47. The lowest BCUT2D eigenvalue weighted by atomic mass is 9.76. The Morgan fingerprint density at radius 3 is 2.68 bits per heavy atom. The van der Waals surface area contributed by atoms with E-state index in [2.05, 4.69) is 31.4 Å². The van der Waals surface area contributed by atoms with Crippen molar-refractivity contribution in [1.82, 2.24) is 10.6 Å². The molecule has 3 nitrogen and oxygen atoms in total. The second-order valence-corrected chi connectivity index (χ2v) is 6.18. The van der Waals surface area contributed by atoms with Gasteiger partial charge in [0.25, 0.3) is 0 Å². The summed E-state index contributed by atoms with van der Waals surface area (Å²) in [6.07, 6.45) is 9.09. The number of hydrogen-bond acceptors (Lipinski definition) is 2. The largest absolute Gasteiger partial charge is 0.353 e. The fraction of sp³-hybridized carbons (Fsp3) is 0.938. The average Bonchev–Trinajstić information content (AvgIpc) is 2.40. The van der Waals surface area contributed by atoms with Crippen molar-refractivity contribution in [1.29, 1.82) is 0 Å². The van der Waals surface area contributed by atoms with Crippen LogP contribution in [0.3, 0.4) is 0 Å². The molecule has 3 heteroatoms. The summed E-state index contributed by atoms with van der Waals surface area (Å²) in [6, 6.07) is 0.315. The number of carbonyl (C=O) groups is 1. The molecule has 2 atom stereocenters. The molecule has 1 amide bonds. The van der Waals surface area contributed by atoms with Gasteiger partial charge < -0.3 is 10.6 Å². The van der Waals surface area contributed by atoms with Crippen LogP contribution in [-0.2, 0) is 4.79 Å². The molecule has 2 unspecified atom stereocenters. The maximum atomic E-state index is 12.6. The Morgan fingerprint density at radius 2 is 2.11 bits per heavy atom. The van der Waals surface area contributed by atoms with Crippen LogP contribution in [0.15, 0.2) is 0 Å². The maximum Gasteiger partial charge on any atom is 0.227 e. The van der Waals surface area contributed by atoms with E-state index in [9.17, 15) is 4.79 Å². The number of amides is 1. The minimum Gasteiger partial charge on any atom is -0.353 e. The summed E-state index contributed by atoms with van der Waals surface area (Å²) in [5.41, 5.74) is -0.147. The SMILES string of the molecule is CCCCCC(C)NC(=O)C1(CCC)CCCNC1. The number of nitrogens with one attached hydrogen (secondary N) is 2. The Hall–Kier alpha value is -0.570. The van der Waals surface area contributed by atoms with Gasteiger partial charge in [0, 0.05) is 12.6 Å². The van der Waals surface area contributed by atoms with E-state index in [-0.39, 0.29) is 11.3 Å². The third kappa shape index (κ3) is 5.13. The van der Waals surface area contributed by atoms with Gasteiger partial charge in [-0.25, -0.2) is 0 Å². The normalized spacial score (nSPS) is 25.0. The fourth-order valence-corrected chi connectivity index (χ4v) is 3.12. The van der Waals surface area contributed by atoms with E-state index in [1.807, 2.05) is 0 Å². The summed E-state index contributed by atoms with van der Waals surface area (Å²) in [7, 11) is 0. The van der Waals surface area contributed by atoms with Crippen molar-refractivity contribution in [3.8, 4) is 0 Å². The van der Waals surface area contributed by atoms with Crippen LogP contribution in [0, 0.1) is 5.41 Å². The molecular formula is C16H32N2O. The van der Waals surface area contributed by atoms with Crippen molar-refractivity contribution in [2.45, 2.75) is 78.2 Å². The lowest BCUT2D eigenvalue weighted by Gasteiger charge is -2.37. The van der Waals surface area contributed by atoms with Crippen LogP contribution in [0.4, 0.5) is 0 Å². The standard InChI is InChI=1S/C16H32N2O/c1-4-6-7-9-14(3)18-15(19)16(10-5-2)11-8-12-17-13-16/h14,17H,4-13H2,1-3H3,(H,18,19). The predicted octanol–water partition coefficient (Wildman–Crippen LogP) is 3.24. The highest BCUT2D eigenvalue weighted by atomic mass is 16.2. The molecular weight excluding hydrogens is 236 g/mol. The van der Waals surface area contributed by atoms with E-state index in [0.29, 0.717) is 6.04 Å². The predicted molar refractivity (Wildman–Crippen MR) is 81.2 cm³/mol. The van der Waals surface area contributed by atoms with Crippen LogP contribution in [0.1, 0.15) is 72.1 Å². The smallest absolute Gasteiger partial charge is 0.227 e. The van der Waals surface area contributed by atoms with Gasteiger partial charge in [0.1, 0.15) is 0 Å². The maximum absolute atomic E-state index is 12.6. The number of unbranched alkanes of at least 4 members (excludes halogenated alkanes) is 2. The molecule has 2 N–H and O–H groups in total. The van der Waals surface area contributed by atoms with E-state index in [0.717, 1.165) is 45.2 Å². The van der Waals surface area contributed by atoms with Crippen LogP contribution >= 0.6 is 0 Å². The molecule has 0 spiro atoms. The zero-order valence-electron chi connectivity index (χ0n) is 13.1. The molecule has 0 bridgehead atoms. The highest BCUT2D eigenvalue weighted by molar-refractivity contribution is 5.83. The Labute approximate surface area is 118 Å². The van der Waals surface area contributed by atoms with Gasteiger partial charge in [0.15, 0.2) is 0 Å². The van der Waals surface area contributed by atoms with Gasteiger partial charge in [-0.1, -0.05) is 39.5 Å². The lowest BCUT2D eigenvalue weighted by molar-refractivity contribution is -0.133. The fourth-order valence-electron chi connectivity index (χ4n) is 3.12. The van der Waals surface area contributed by atoms with Gasteiger partial charge in [-0.05, 0) is 39.2 Å². The molecule has 1 heterocycles. The van der Waals surface area contributed by atoms with Crippen molar-refractivity contribution >= 4 is 5.91 Å². The lowest BCUT2D eigenvalue weighted by Crippen LogP contribution is -2.52. The highest BCUT2D eigenvalue weighted by Gasteiger charge is 2.38. The van der Waals surface area contributed by atoms with Crippen molar-refractivity contribution in [2.24, 2.45) is 5.41 Å². The molecule has 0 aromatic heterocycles. The molecule has 1 saturated heterocycles. The van der Waals surface area contributed by atoms with Gasteiger partial charge in [0.2, 0.25) is 5.91 Å². The Bertz CT molecular complexity index is 254. The third-order valence-corrected chi connectivity index (χ3v) is 4.30. The summed E-state index contributed by atoms with van der Waals surface area (Å²) in [4.78, 5) is 12.6. The molecule has 112 valence electrons. The van der Waals surface area contributed by atoms with Crippen LogP contribution in [0.25, 0.3) is 0 Å². The van der Waals surface area contributed by atoms with Crippen LogP contribution in [0.2, 0.25) is 0 Å². The van der Waals surface area contributed by atoms with Gasteiger partial charge >= 0.3 is 0 Å². The Morgan fingerprint density at radius 1 is 1.32 bits per heavy atom. The first-order valence-corrected chi connectivity index (χ1v) is 8.16. The molecule has 0 aliphatic carbocycles. The summed E-state index contributed by atoms with van der Waals surface area (Å²) in [5, 5.41) is 6.66. The molecule has 0 aromatic carbocycles. The summed E-state index contributed by atoms with van der Waals surface area (Å²) in [6.45, 7) is 8.45. The number of rotatable bonds is 8. The molecule has 1 aliphatic rings. The molecule has 1 rings (SSSR count). The zero-order chi connectivity index (χ0) is 14.1. The zero-order valence-corrected chi connectivity index (χ0v) is 13.1. The minimum atomic E-state index is -0.147. The second kappa shape index (κ2) is 8.57. The topological polar surface area (TPSA) is 41.1 Å². The Kier molecular flexibility index (Phi) is 7.44. The van der Waals surface area contributed by atoms with E-state index in [1.54, 1.807) is 0 Å². The van der Waals surface area contributed by atoms with E-state index in [1.165, 1.54) is 19.3 Å². The molecule has 1 aliphatic heterocycles. The van der Waals surface area contributed by atoms with Crippen molar-refractivity contribution in [2.75, 3.05) is 13.1 Å². The average molecular weight is 268 g/mol. The van der Waals surface area contributed by atoms with Crippen molar-refractivity contribution < 1.29 is 4.79 Å². The van der Waals surface area contributed by atoms with Gasteiger partial charge in [-0.15, -0.1) is 0 Å². The molecule has 1 fully saturated rings. The summed E-state index contributed by atoms with van der Waals surface area (Å²) in [5.74, 6) is 0.283. The second-order valence-electron chi connectivity index (χ2n) is 6.18. The quantitative estimate of drug-likeness (QED) is 0.664. The first-order valence-electron chi connectivity index (χ1n) is 8.16. The first-order chi connectivity index (χ1) is 9.14. The van der Waals surface area contributed by atoms with Gasteiger partial charge in [0.05, 0.1) is 5.41 Å². The monoisotopic (exact) mass is 268 g/mol. The van der Waals surface area contributed by atoms with Gasteiger partial charge in [-0.3, -0.25) is 4.79 Å². The third-order valence-electron chi connectivity index (χ3n) is 4.30. The van der Waals surface area contributed by atoms with Crippen LogP contribution < -0.4 is 10.6 Å². The van der Waals surface area contributed by atoms with Crippen LogP contribution in [0.5, 0.6) is 0 Å². The number of carbonyl (C=O) groups excluding carboxylic acids is 1. The van der Waals surface area contributed by atoms with E-state index in [4.69, 9.17) is 0 Å². The number of hydrogen-bond donors (Lipinski definition) is 2. The summed E-state index contributed by atoms with van der Waals surface area (Å²) < 4.78 is 0. The molecule has 19 heavy (non-hydrogen) atoms. The molecule has 0 radical (unpaired) electrons. The van der Waals surface area contributed by atoms with Crippen molar-refractivity contribution in [3.63, 3.8) is 0 Å². The van der Waals surface area contributed by atoms with Crippen LogP contribution in [-0.4, -0.2) is 25.0 Å². The summed E-state index contributed by atoms with van der Waals surface area (Å²) >= 11 is 0. The number of piperidine rings is 1. The van der Waals surface area contributed by atoms with Gasteiger partial charge in [-0.2, -0.15) is 0 Å². The molecule has 0 saturated carbocycles. The van der Waals surface area contributed by atoms with E-state index < -0.39 is 0 Å². The first kappa shape index (κ1) is 16.5. The minimum absolute atomic E-state index is 0.147. The highest BCUT2D eigenvalue weighted by Crippen LogP contribution is 2.32.